The van der Waals surface area contributed by atoms with E-state index in [9.17, 15) is 5.11 Å². The van der Waals surface area contributed by atoms with Gasteiger partial charge in [0.15, 0.2) is 0 Å². The highest BCUT2D eigenvalue weighted by Gasteiger charge is 2.25. The summed E-state index contributed by atoms with van der Waals surface area (Å²) in [6.07, 6.45) is 5.63. The molecule has 0 saturated heterocycles. The van der Waals surface area contributed by atoms with Crippen LogP contribution in [0.3, 0.4) is 0 Å². The highest BCUT2D eigenvalue weighted by atomic mass is 32.2. The van der Waals surface area contributed by atoms with E-state index in [1.165, 1.54) is 18.4 Å². The van der Waals surface area contributed by atoms with Gasteiger partial charge in [0.1, 0.15) is 5.75 Å². The molecule has 2 nitrogen and oxygen atoms in total. The number of aromatic hydroxyl groups is 1. The maximum atomic E-state index is 9.36. The van der Waals surface area contributed by atoms with Gasteiger partial charge >= 0.3 is 0 Å². The standard InChI is InChI=1S/C16H27NOS/c1-5-15(13-8-10-14(18)11-9-13)17-12-16(6-2,7-3)19-4/h8-11,15,17-18H,5-7,12H2,1-4H3. The molecule has 0 spiro atoms. The third kappa shape index (κ3) is 4.43. The van der Waals surface area contributed by atoms with E-state index < -0.39 is 0 Å². The SMILES string of the molecule is CCC(NCC(CC)(CC)SC)c1ccc(O)cc1. The van der Waals surface area contributed by atoms with Crippen molar-refractivity contribution < 1.29 is 5.11 Å². The quantitative estimate of drug-likeness (QED) is 0.743. The van der Waals surface area contributed by atoms with Crippen LogP contribution in [0, 0.1) is 0 Å². The minimum absolute atomic E-state index is 0.333. The van der Waals surface area contributed by atoms with Crippen molar-refractivity contribution in [1.29, 1.82) is 0 Å². The van der Waals surface area contributed by atoms with E-state index in [0.29, 0.717) is 16.5 Å². The Morgan fingerprint density at radius 3 is 2.16 bits per heavy atom. The molecule has 1 aromatic rings. The van der Waals surface area contributed by atoms with E-state index in [-0.39, 0.29) is 0 Å². The van der Waals surface area contributed by atoms with Gasteiger partial charge in [-0.05, 0) is 43.2 Å². The average Bonchev–Trinajstić information content (AvgIpc) is 2.46. The molecule has 1 rings (SSSR count). The van der Waals surface area contributed by atoms with Crippen molar-refractivity contribution in [2.45, 2.75) is 50.8 Å². The molecule has 0 bridgehead atoms. The molecule has 0 aliphatic heterocycles. The number of phenols is 1. The van der Waals surface area contributed by atoms with Crippen molar-refractivity contribution in [2.24, 2.45) is 0 Å². The van der Waals surface area contributed by atoms with Gasteiger partial charge in [-0.15, -0.1) is 0 Å². The highest BCUT2D eigenvalue weighted by molar-refractivity contribution is 8.00. The van der Waals surface area contributed by atoms with Gasteiger partial charge in [-0.25, -0.2) is 0 Å². The monoisotopic (exact) mass is 281 g/mol. The number of benzene rings is 1. The summed E-state index contributed by atoms with van der Waals surface area (Å²) in [7, 11) is 0. The van der Waals surface area contributed by atoms with Gasteiger partial charge in [0.25, 0.3) is 0 Å². The summed E-state index contributed by atoms with van der Waals surface area (Å²) in [5.41, 5.74) is 1.25. The van der Waals surface area contributed by atoms with E-state index in [2.05, 4.69) is 32.3 Å². The minimum Gasteiger partial charge on any atom is -0.508 e. The third-order valence-electron chi connectivity index (χ3n) is 4.10. The van der Waals surface area contributed by atoms with Crippen LogP contribution >= 0.6 is 11.8 Å². The summed E-state index contributed by atoms with van der Waals surface area (Å²) < 4.78 is 0.338. The van der Waals surface area contributed by atoms with E-state index >= 15 is 0 Å². The maximum absolute atomic E-state index is 9.36. The molecule has 1 unspecified atom stereocenters. The van der Waals surface area contributed by atoms with Crippen LogP contribution in [0.15, 0.2) is 24.3 Å². The number of nitrogens with one attached hydrogen (secondary N) is 1. The molecule has 3 heteroatoms. The van der Waals surface area contributed by atoms with Crippen LogP contribution in [-0.4, -0.2) is 22.7 Å². The fourth-order valence-corrected chi connectivity index (χ4v) is 3.18. The molecule has 2 N–H and O–H groups in total. The molecule has 19 heavy (non-hydrogen) atoms. The predicted molar refractivity (Wildman–Crippen MR) is 86.0 cm³/mol. The Bertz CT molecular complexity index is 351. The van der Waals surface area contributed by atoms with Crippen LogP contribution in [0.5, 0.6) is 5.75 Å². The second-order valence-electron chi connectivity index (χ2n) is 5.03. The number of thioether (sulfide) groups is 1. The van der Waals surface area contributed by atoms with E-state index in [1.54, 1.807) is 12.1 Å². The molecule has 0 radical (unpaired) electrons. The first-order chi connectivity index (χ1) is 9.10. The van der Waals surface area contributed by atoms with Crippen LogP contribution in [0.4, 0.5) is 0 Å². The Morgan fingerprint density at radius 1 is 1.16 bits per heavy atom. The van der Waals surface area contributed by atoms with Gasteiger partial charge in [-0.2, -0.15) is 11.8 Å². The Kier molecular flexibility index (Phi) is 6.73. The van der Waals surface area contributed by atoms with Crippen molar-refractivity contribution in [1.82, 2.24) is 5.32 Å². The molecule has 0 aromatic heterocycles. The van der Waals surface area contributed by atoms with Crippen molar-refractivity contribution >= 4 is 11.8 Å². The summed E-state index contributed by atoms with van der Waals surface area (Å²) in [6, 6.07) is 7.91. The molecule has 0 fully saturated rings. The lowest BCUT2D eigenvalue weighted by atomic mass is 9.99. The van der Waals surface area contributed by atoms with Crippen LogP contribution in [0.1, 0.15) is 51.6 Å². The Balaban J connectivity index is 2.69. The van der Waals surface area contributed by atoms with E-state index in [0.717, 1.165) is 13.0 Å². The lowest BCUT2D eigenvalue weighted by Crippen LogP contribution is -2.38. The van der Waals surface area contributed by atoms with Gasteiger partial charge < -0.3 is 10.4 Å². The summed E-state index contributed by atoms with van der Waals surface area (Å²) in [4.78, 5) is 0. The lowest BCUT2D eigenvalue weighted by Gasteiger charge is -2.32. The number of hydrogen-bond donors (Lipinski definition) is 2. The fraction of sp³-hybridized carbons (Fsp3) is 0.625. The van der Waals surface area contributed by atoms with Crippen molar-refractivity contribution in [3.63, 3.8) is 0 Å². The smallest absolute Gasteiger partial charge is 0.115 e. The predicted octanol–water partition coefficient (Wildman–Crippen LogP) is 4.35. The summed E-state index contributed by atoms with van der Waals surface area (Å²) >= 11 is 1.96. The molecule has 0 aliphatic carbocycles. The first-order valence-corrected chi connectivity index (χ1v) is 8.40. The molecule has 1 aromatic carbocycles. The maximum Gasteiger partial charge on any atom is 0.115 e. The van der Waals surface area contributed by atoms with Gasteiger partial charge in [-0.1, -0.05) is 32.9 Å². The fourth-order valence-electron chi connectivity index (χ4n) is 2.37. The van der Waals surface area contributed by atoms with Crippen molar-refractivity contribution in [3.8, 4) is 5.75 Å². The zero-order valence-corrected chi connectivity index (χ0v) is 13.4. The van der Waals surface area contributed by atoms with Crippen LogP contribution in [-0.2, 0) is 0 Å². The molecule has 0 saturated carbocycles. The average molecular weight is 281 g/mol. The van der Waals surface area contributed by atoms with Crippen LogP contribution in [0.25, 0.3) is 0 Å². The molecule has 0 amide bonds. The molecular formula is C16H27NOS. The van der Waals surface area contributed by atoms with Gasteiger partial charge in [-0.3, -0.25) is 0 Å². The molecule has 0 aliphatic rings. The first kappa shape index (κ1) is 16.4. The first-order valence-electron chi connectivity index (χ1n) is 7.18. The lowest BCUT2D eigenvalue weighted by molar-refractivity contribution is 0.437. The summed E-state index contributed by atoms with van der Waals surface area (Å²) in [6.45, 7) is 7.76. The summed E-state index contributed by atoms with van der Waals surface area (Å²) in [5, 5.41) is 13.1. The van der Waals surface area contributed by atoms with Crippen molar-refractivity contribution in [3.05, 3.63) is 29.8 Å². The Labute approximate surface area is 122 Å². The third-order valence-corrected chi connectivity index (χ3v) is 5.68. The largest absolute Gasteiger partial charge is 0.508 e. The molecule has 108 valence electrons. The zero-order valence-electron chi connectivity index (χ0n) is 12.6. The van der Waals surface area contributed by atoms with Gasteiger partial charge in [0.2, 0.25) is 0 Å². The molecule has 0 heterocycles. The van der Waals surface area contributed by atoms with Crippen LogP contribution < -0.4 is 5.32 Å². The second kappa shape index (κ2) is 7.81. The van der Waals surface area contributed by atoms with Gasteiger partial charge in [0, 0.05) is 17.3 Å². The Hall–Kier alpha value is -0.670. The second-order valence-corrected chi connectivity index (χ2v) is 6.30. The van der Waals surface area contributed by atoms with E-state index in [4.69, 9.17) is 0 Å². The number of hydrogen-bond acceptors (Lipinski definition) is 3. The number of rotatable bonds is 8. The van der Waals surface area contributed by atoms with Crippen LogP contribution in [0.2, 0.25) is 0 Å². The minimum atomic E-state index is 0.333. The molecular weight excluding hydrogens is 254 g/mol. The zero-order chi connectivity index (χ0) is 14.3. The Morgan fingerprint density at radius 2 is 1.74 bits per heavy atom. The number of phenolic OH excluding ortho intramolecular Hbond substituents is 1. The van der Waals surface area contributed by atoms with Crippen molar-refractivity contribution in [2.75, 3.05) is 12.8 Å². The summed E-state index contributed by atoms with van der Waals surface area (Å²) in [5.74, 6) is 0.333. The van der Waals surface area contributed by atoms with E-state index in [1.807, 2.05) is 23.9 Å². The topological polar surface area (TPSA) is 32.3 Å². The molecule has 1 atom stereocenters. The van der Waals surface area contributed by atoms with Gasteiger partial charge in [0.05, 0.1) is 0 Å². The highest BCUT2D eigenvalue weighted by Crippen LogP contribution is 2.31. The normalized spacial score (nSPS) is 13.5.